The first-order valence-corrected chi connectivity index (χ1v) is 8.72. The predicted molar refractivity (Wildman–Crippen MR) is 104 cm³/mol. The number of hydrogen-bond donors (Lipinski definition) is 2. The van der Waals surface area contributed by atoms with Crippen LogP contribution in [0.3, 0.4) is 0 Å². The maximum atomic E-state index is 13.5. The minimum absolute atomic E-state index is 0.0479. The highest BCUT2D eigenvalue weighted by Crippen LogP contribution is 2.31. The normalized spacial score (nSPS) is 9.96. The Bertz CT molecular complexity index is 852. The van der Waals surface area contributed by atoms with Crippen LogP contribution in [0.1, 0.15) is 15.9 Å². The van der Waals surface area contributed by atoms with Crippen LogP contribution in [0.5, 0.6) is 11.5 Å². The molecule has 0 unspecified atom stereocenters. The van der Waals surface area contributed by atoms with E-state index in [1.165, 1.54) is 26.4 Å². The van der Waals surface area contributed by atoms with Crippen LogP contribution in [0.15, 0.2) is 30.3 Å². The molecule has 0 aliphatic heterocycles. The number of nitrogens with one attached hydrogen (secondary N) is 2. The molecule has 0 atom stereocenters. The number of hydrogen-bond acceptors (Lipinski definition) is 5. The van der Waals surface area contributed by atoms with Crippen molar-refractivity contribution in [2.24, 2.45) is 0 Å². The molecule has 0 aliphatic rings. The van der Waals surface area contributed by atoms with Gasteiger partial charge in [0.1, 0.15) is 17.4 Å². The first kappa shape index (κ1) is 19.8. The molecule has 2 aromatic carbocycles. The maximum absolute atomic E-state index is 13.5. The molecule has 2 N–H and O–H groups in total. The number of rotatable bonds is 7. The van der Waals surface area contributed by atoms with Crippen molar-refractivity contribution in [3.8, 4) is 17.6 Å². The third-order valence-electron chi connectivity index (χ3n) is 3.57. The minimum atomic E-state index is -0.582. The highest BCUT2D eigenvalue weighted by molar-refractivity contribution is 14.1. The van der Waals surface area contributed by atoms with E-state index in [9.17, 15) is 9.18 Å². The molecule has 0 bridgehead atoms. The number of anilines is 1. The number of methoxy groups -OCH3 is 2. The van der Waals surface area contributed by atoms with Crippen LogP contribution in [0.25, 0.3) is 0 Å². The van der Waals surface area contributed by atoms with Crippen LogP contribution in [0, 0.1) is 20.7 Å². The van der Waals surface area contributed by atoms with Crippen molar-refractivity contribution in [1.29, 1.82) is 5.26 Å². The lowest BCUT2D eigenvalue weighted by Gasteiger charge is -2.13. The van der Waals surface area contributed by atoms with Gasteiger partial charge >= 0.3 is 0 Å². The molecular weight excluding hydrogens is 452 g/mol. The molecule has 0 heterocycles. The average Bonchev–Trinajstić information content (AvgIpc) is 2.64. The van der Waals surface area contributed by atoms with Gasteiger partial charge in [0.05, 0.1) is 25.5 Å². The summed E-state index contributed by atoms with van der Waals surface area (Å²) in [6.07, 6.45) is 0. The zero-order valence-corrected chi connectivity index (χ0v) is 16.4. The van der Waals surface area contributed by atoms with Gasteiger partial charge in [-0.05, 0) is 46.9 Å². The zero-order valence-electron chi connectivity index (χ0n) is 14.2. The van der Waals surface area contributed by atoms with Crippen LogP contribution in [-0.4, -0.2) is 33.2 Å². The van der Waals surface area contributed by atoms with Gasteiger partial charge in [-0.15, -0.1) is 0 Å². The Kier molecular flexibility index (Phi) is 7.03. The lowest BCUT2D eigenvalue weighted by atomic mass is 10.2. The summed E-state index contributed by atoms with van der Waals surface area (Å²) >= 11 is 2.05. The van der Waals surface area contributed by atoms with Gasteiger partial charge in [-0.1, -0.05) is 6.07 Å². The summed E-state index contributed by atoms with van der Waals surface area (Å²) in [6, 6.07) is 9.51. The monoisotopic (exact) mass is 469 g/mol. The molecule has 1 amide bonds. The van der Waals surface area contributed by atoms with Crippen LogP contribution in [-0.2, 0) is 0 Å². The Balaban J connectivity index is 1.98. The summed E-state index contributed by atoms with van der Waals surface area (Å²) in [5, 5.41) is 14.7. The Hall–Kier alpha value is -2.54. The molecular formula is C18H17FIN3O3. The maximum Gasteiger partial charge on any atom is 0.252 e. The second-order valence-electron chi connectivity index (χ2n) is 5.14. The van der Waals surface area contributed by atoms with Crippen molar-refractivity contribution in [1.82, 2.24) is 5.32 Å². The van der Waals surface area contributed by atoms with E-state index in [1.807, 2.05) is 6.07 Å². The number of carbonyl (C=O) groups is 1. The molecule has 2 aromatic rings. The molecule has 0 saturated heterocycles. The van der Waals surface area contributed by atoms with Gasteiger partial charge in [-0.3, -0.25) is 4.79 Å². The van der Waals surface area contributed by atoms with Gasteiger partial charge in [-0.25, -0.2) is 4.39 Å². The van der Waals surface area contributed by atoms with E-state index < -0.39 is 5.82 Å². The number of benzene rings is 2. The van der Waals surface area contributed by atoms with Crippen molar-refractivity contribution in [2.45, 2.75) is 0 Å². The molecule has 0 fully saturated rings. The fourth-order valence-corrected chi connectivity index (χ4v) is 2.97. The Morgan fingerprint density at radius 3 is 2.58 bits per heavy atom. The summed E-state index contributed by atoms with van der Waals surface area (Å²) in [5.74, 6) is 0.165. The number of halogens is 2. The van der Waals surface area contributed by atoms with Crippen LogP contribution < -0.4 is 20.1 Å². The molecule has 0 spiro atoms. The molecule has 26 heavy (non-hydrogen) atoms. The van der Waals surface area contributed by atoms with Crippen molar-refractivity contribution >= 4 is 34.2 Å². The van der Waals surface area contributed by atoms with E-state index in [1.54, 1.807) is 18.2 Å². The van der Waals surface area contributed by atoms with Crippen LogP contribution in [0.4, 0.5) is 10.1 Å². The van der Waals surface area contributed by atoms with Crippen molar-refractivity contribution in [3.63, 3.8) is 0 Å². The fraction of sp³-hybridized carbons (Fsp3) is 0.222. The molecule has 2 rings (SSSR count). The molecule has 0 saturated carbocycles. The lowest BCUT2D eigenvalue weighted by molar-refractivity contribution is 0.0954. The van der Waals surface area contributed by atoms with Crippen molar-refractivity contribution < 1.29 is 18.7 Å². The highest BCUT2D eigenvalue weighted by atomic mass is 127. The van der Waals surface area contributed by atoms with Gasteiger partial charge in [0, 0.05) is 16.7 Å². The highest BCUT2D eigenvalue weighted by Gasteiger charge is 2.15. The van der Waals surface area contributed by atoms with Crippen molar-refractivity contribution in [2.75, 3.05) is 32.6 Å². The largest absolute Gasteiger partial charge is 0.493 e. The van der Waals surface area contributed by atoms with Crippen LogP contribution >= 0.6 is 22.6 Å². The van der Waals surface area contributed by atoms with Gasteiger partial charge in [-0.2, -0.15) is 5.26 Å². The topological polar surface area (TPSA) is 83.4 Å². The summed E-state index contributed by atoms with van der Waals surface area (Å²) in [7, 11) is 3.03. The molecule has 0 radical (unpaired) electrons. The Labute approximate surface area is 164 Å². The number of nitriles is 1. The standard InChI is InChI=1S/C18H17FIN3O3/c1-25-16-8-11(14(20)9-17(16)26-2)18(24)23-7-6-22-15-5-3-4-13(19)12(15)10-21/h3-5,8-9,22H,6-7H2,1-2H3,(H,23,24). The van der Waals surface area contributed by atoms with Gasteiger partial charge in [0.15, 0.2) is 11.5 Å². The number of ether oxygens (including phenoxy) is 2. The molecule has 6 nitrogen and oxygen atoms in total. The van der Waals surface area contributed by atoms with E-state index >= 15 is 0 Å². The third-order valence-corrected chi connectivity index (χ3v) is 4.46. The van der Waals surface area contributed by atoms with E-state index in [4.69, 9.17) is 14.7 Å². The summed E-state index contributed by atoms with van der Waals surface area (Å²) in [6.45, 7) is 0.637. The minimum Gasteiger partial charge on any atom is -0.493 e. The van der Waals surface area contributed by atoms with E-state index in [0.717, 1.165) is 3.57 Å². The second-order valence-corrected chi connectivity index (χ2v) is 6.31. The quantitative estimate of drug-likeness (QED) is 0.481. The first-order chi connectivity index (χ1) is 12.5. The van der Waals surface area contributed by atoms with E-state index in [2.05, 4.69) is 33.2 Å². The summed E-state index contributed by atoms with van der Waals surface area (Å²) in [5.41, 5.74) is 0.808. The van der Waals surface area contributed by atoms with Crippen molar-refractivity contribution in [3.05, 3.63) is 50.8 Å². The van der Waals surface area contributed by atoms with E-state index in [0.29, 0.717) is 35.8 Å². The van der Waals surface area contributed by atoms with E-state index in [-0.39, 0.29) is 11.5 Å². The zero-order chi connectivity index (χ0) is 19.1. The summed E-state index contributed by atoms with van der Waals surface area (Å²) in [4.78, 5) is 12.4. The fourth-order valence-electron chi connectivity index (χ4n) is 2.28. The van der Waals surface area contributed by atoms with Gasteiger partial charge in [0.2, 0.25) is 0 Å². The number of carbonyl (C=O) groups excluding carboxylic acids is 1. The molecule has 0 aliphatic carbocycles. The van der Waals surface area contributed by atoms with Gasteiger partial charge < -0.3 is 20.1 Å². The number of amides is 1. The second kappa shape index (κ2) is 9.24. The van der Waals surface area contributed by atoms with Gasteiger partial charge in [0.25, 0.3) is 5.91 Å². The lowest BCUT2D eigenvalue weighted by Crippen LogP contribution is -2.29. The SMILES string of the molecule is COc1cc(I)c(C(=O)NCCNc2cccc(F)c2C#N)cc1OC. The number of nitrogens with zero attached hydrogens (tertiary/aromatic N) is 1. The summed E-state index contributed by atoms with van der Waals surface area (Å²) < 4.78 is 24.7. The van der Waals surface area contributed by atoms with Crippen LogP contribution in [0.2, 0.25) is 0 Å². The molecule has 0 aromatic heterocycles. The smallest absolute Gasteiger partial charge is 0.252 e. The molecule has 136 valence electrons. The first-order valence-electron chi connectivity index (χ1n) is 7.64. The Morgan fingerprint density at radius 1 is 1.23 bits per heavy atom. The molecule has 8 heteroatoms. The Morgan fingerprint density at radius 2 is 1.92 bits per heavy atom. The predicted octanol–water partition coefficient (Wildman–Crippen LogP) is 3.16. The third kappa shape index (κ3) is 4.54. The average molecular weight is 469 g/mol.